The Morgan fingerprint density at radius 1 is 0.839 bits per heavy atom. The summed E-state index contributed by atoms with van der Waals surface area (Å²) < 4.78 is 51.5. The maximum atomic E-state index is 14.3. The highest BCUT2D eigenvalue weighted by Crippen LogP contribution is 2.44. The molecule has 6 aromatic rings. The molecule has 0 bridgehead atoms. The Bertz CT molecular complexity index is 3970. The average Bonchev–Trinajstić information content (AvgIpc) is 1.65. The monoisotopic (exact) mass is 1310 g/mol. The molecule has 0 spiro atoms. The number of likely N-dealkylation sites (tertiary alicyclic amines) is 1. The molecule has 1 unspecified atom stereocenters. The number of ether oxygens (including phenoxy) is 4. The zero-order valence-corrected chi connectivity index (χ0v) is 53.7. The van der Waals surface area contributed by atoms with Gasteiger partial charge in [-0.15, -0.1) is 0 Å². The van der Waals surface area contributed by atoms with Crippen molar-refractivity contribution < 1.29 is 61.1 Å². The van der Waals surface area contributed by atoms with Crippen molar-refractivity contribution in [3.05, 3.63) is 152 Å². The second-order valence-corrected chi connectivity index (χ2v) is 27.5. The van der Waals surface area contributed by atoms with E-state index in [1.54, 1.807) is 53.6 Å². The summed E-state index contributed by atoms with van der Waals surface area (Å²) in [7, 11) is -4.42. The molecule has 25 heteroatoms. The fourth-order valence-corrected chi connectivity index (χ4v) is 14.2. The predicted octanol–water partition coefficient (Wildman–Crippen LogP) is 9.09. The lowest BCUT2D eigenvalue weighted by Gasteiger charge is -2.39. The number of hydrogen-bond acceptors (Lipinski definition) is 18. The van der Waals surface area contributed by atoms with Gasteiger partial charge in [0.2, 0.25) is 17.7 Å². The van der Waals surface area contributed by atoms with Crippen molar-refractivity contribution >= 4 is 90.4 Å². The van der Waals surface area contributed by atoms with Gasteiger partial charge in [0, 0.05) is 99.8 Å². The number of carbonyl (C=O) groups is 6. The van der Waals surface area contributed by atoms with E-state index in [-0.39, 0.29) is 89.5 Å². The van der Waals surface area contributed by atoms with Gasteiger partial charge in [-0.1, -0.05) is 55.3 Å². The number of fused-ring (bicyclic) bond motifs is 2. The highest BCUT2D eigenvalue weighted by atomic mass is 35.5. The Balaban J connectivity index is 0.615. The number of anilines is 2. The number of piperidine rings is 2. The molecule has 1 atom stereocenters. The normalized spacial score (nSPS) is 18.1. The van der Waals surface area contributed by atoms with Crippen LogP contribution in [-0.2, 0) is 44.9 Å². The Morgan fingerprint density at radius 3 is 2.34 bits per heavy atom. The van der Waals surface area contributed by atoms with E-state index in [9.17, 15) is 47.3 Å². The number of piperazine rings is 1. The van der Waals surface area contributed by atoms with E-state index >= 15 is 0 Å². The predicted molar refractivity (Wildman–Crippen MR) is 348 cm³/mol. The lowest BCUT2D eigenvalue weighted by Crippen LogP contribution is -2.54. The van der Waals surface area contributed by atoms with Crippen LogP contribution in [0, 0.1) is 21.4 Å². The number of sulfone groups is 1. The number of imide groups is 2. The summed E-state index contributed by atoms with van der Waals surface area (Å²) in [6.07, 6.45) is 8.78. The number of aryl methyl sites for hydroxylation is 1. The summed E-state index contributed by atoms with van der Waals surface area (Å²) in [6, 6.07) is 24.5. The van der Waals surface area contributed by atoms with Gasteiger partial charge in [-0.3, -0.25) is 54.0 Å². The highest BCUT2D eigenvalue weighted by Gasteiger charge is 2.45. The zero-order chi connectivity index (χ0) is 65.4. The first-order chi connectivity index (χ1) is 44.8. The van der Waals surface area contributed by atoms with E-state index in [0.717, 1.165) is 60.9 Å². The molecule has 2 aromatic heterocycles. The summed E-state index contributed by atoms with van der Waals surface area (Å²) in [6.45, 7) is 11.0. The first kappa shape index (κ1) is 66.1. The van der Waals surface area contributed by atoms with Crippen LogP contribution in [-0.4, -0.2) is 177 Å². The van der Waals surface area contributed by atoms with Crippen molar-refractivity contribution in [1.29, 1.82) is 0 Å². The van der Waals surface area contributed by atoms with Gasteiger partial charge in [0.05, 0.1) is 59.1 Å². The SMILES string of the molecule is CC1(C)CCC(CN2CCN(c3ccc(C(=O)CS(=O)(=O)c4ccc(NCC5CCN(C(=O)COCCOCCOCCCc6cccc7c6C(=O)N(C6CCC(=O)NC6=O)C7=O)CC5)c([N+](=O)[O-])c4)c(Oc4cnc5[nH]ccc5c4)c3)CC2)=C(c2ccc(Cl)cc2)C1. The summed E-state index contributed by atoms with van der Waals surface area (Å²) in [5.74, 6) is -3.55. The number of rotatable bonds is 27. The van der Waals surface area contributed by atoms with E-state index in [2.05, 4.69) is 56.4 Å². The third-order valence-electron chi connectivity index (χ3n) is 18.1. The molecule has 5 amide bonds. The van der Waals surface area contributed by atoms with Crippen LogP contribution < -0.4 is 20.3 Å². The molecule has 4 aliphatic heterocycles. The number of amides is 5. The molecule has 0 radical (unpaired) electrons. The quantitative estimate of drug-likeness (QED) is 0.0142. The van der Waals surface area contributed by atoms with Crippen LogP contribution in [0.4, 0.5) is 17.1 Å². The van der Waals surface area contributed by atoms with Crippen LogP contribution in [0.15, 0.2) is 114 Å². The smallest absolute Gasteiger partial charge is 0.293 e. The molecule has 3 saturated heterocycles. The fourth-order valence-electron chi connectivity index (χ4n) is 12.9. The van der Waals surface area contributed by atoms with Crippen LogP contribution in [0.25, 0.3) is 16.6 Å². The minimum absolute atomic E-state index is 0.0284. The first-order valence-corrected chi connectivity index (χ1v) is 33.6. The van der Waals surface area contributed by atoms with Crippen LogP contribution in [0.2, 0.25) is 5.02 Å². The van der Waals surface area contributed by atoms with E-state index < -0.39 is 61.7 Å². The zero-order valence-electron chi connectivity index (χ0n) is 52.1. The number of aromatic amines is 1. The molecule has 4 aromatic carbocycles. The summed E-state index contributed by atoms with van der Waals surface area (Å²) in [5.41, 5.74) is 6.57. The average molecular weight is 1310 g/mol. The topological polar surface area (TPSA) is 282 Å². The van der Waals surface area contributed by atoms with Gasteiger partial charge in [-0.2, -0.15) is 0 Å². The molecule has 0 saturated carbocycles. The molecule has 3 N–H and O–H groups in total. The van der Waals surface area contributed by atoms with Crippen molar-refractivity contribution in [3.8, 4) is 11.5 Å². The molecular formula is C68H76ClN9O14S. The maximum Gasteiger partial charge on any atom is 0.293 e. The standard InChI is InChI=1S/C68H76ClN9O14S/c1-68(2)22-18-48(55(38-68)45-8-10-49(69)11-9-45)41-74-26-28-75(29-27-74)50-12-14-53(60(36-50)92-51-35-47-19-23-70-64(47)72-40-51)59(79)43-93(87,88)52-13-15-56(58(37-52)78(85)86)71-39-44-20-24-76(25-21-44)62(81)42-91-34-33-90-32-31-89-30-4-6-46-5-3-7-54-63(46)67(84)77(66(54)83)57-16-17-61(80)73-65(57)82/h3,5,7-15,19,23,35-37,40,44,57,71H,4,6,16-18,20-22,24-34,38-39,41-43H2,1-2H3,(H,70,72)(H,73,80,82). The number of carbonyl (C=O) groups excluding carboxylic acids is 6. The number of Topliss-reactive ketones (excluding diaryl/α,β-unsaturated/α-hetero) is 1. The molecule has 490 valence electrons. The summed E-state index contributed by atoms with van der Waals surface area (Å²) >= 11 is 6.27. The maximum absolute atomic E-state index is 14.3. The lowest BCUT2D eigenvalue weighted by molar-refractivity contribution is -0.384. The molecular weight excluding hydrogens is 1230 g/mol. The van der Waals surface area contributed by atoms with Crippen molar-refractivity contribution in [3.63, 3.8) is 0 Å². The van der Waals surface area contributed by atoms with Gasteiger partial charge in [0.15, 0.2) is 15.6 Å². The van der Waals surface area contributed by atoms with Gasteiger partial charge in [-0.25, -0.2) is 13.4 Å². The van der Waals surface area contributed by atoms with Gasteiger partial charge in [0.25, 0.3) is 17.5 Å². The van der Waals surface area contributed by atoms with Crippen molar-refractivity contribution in [2.75, 3.05) is 108 Å². The first-order valence-electron chi connectivity index (χ1n) is 31.6. The minimum Gasteiger partial charge on any atom is -0.455 e. The Kier molecular flexibility index (Phi) is 20.8. The van der Waals surface area contributed by atoms with Crippen LogP contribution >= 0.6 is 11.6 Å². The Hall–Kier alpha value is -8.39. The Labute approximate surface area is 544 Å². The minimum atomic E-state index is -4.42. The highest BCUT2D eigenvalue weighted by molar-refractivity contribution is 7.92. The van der Waals surface area contributed by atoms with Crippen LogP contribution in [0.5, 0.6) is 11.5 Å². The number of halogens is 1. The van der Waals surface area contributed by atoms with Gasteiger partial charge < -0.3 is 39.0 Å². The number of H-pyrrole nitrogens is 1. The van der Waals surface area contributed by atoms with E-state index in [4.69, 9.17) is 30.5 Å². The number of nitro benzene ring substituents is 1. The molecule has 93 heavy (non-hydrogen) atoms. The Morgan fingerprint density at radius 2 is 1.59 bits per heavy atom. The molecule has 6 heterocycles. The third kappa shape index (κ3) is 16.0. The number of nitrogens with zero attached hydrogens (tertiary/aromatic N) is 6. The third-order valence-corrected chi connectivity index (χ3v) is 19.9. The molecule has 11 rings (SSSR count). The number of aromatic nitrogens is 2. The molecule has 5 aliphatic rings. The van der Waals surface area contributed by atoms with Crippen LogP contribution in [0.1, 0.15) is 107 Å². The second kappa shape index (κ2) is 29.3. The molecule has 3 fully saturated rings. The molecule has 1 aliphatic carbocycles. The number of hydrogen-bond donors (Lipinski definition) is 3. The number of pyridine rings is 1. The number of nitrogens with one attached hydrogen (secondary N) is 3. The van der Waals surface area contributed by atoms with Gasteiger partial charge in [-0.05, 0) is 134 Å². The fraction of sp³-hybridized carbons (Fsp3) is 0.426. The van der Waals surface area contributed by atoms with Crippen molar-refractivity contribution in [1.82, 2.24) is 30.0 Å². The summed E-state index contributed by atoms with van der Waals surface area (Å²) in [5, 5.41) is 19.3. The number of ketones is 1. The van der Waals surface area contributed by atoms with Gasteiger partial charge >= 0.3 is 0 Å². The van der Waals surface area contributed by atoms with Crippen molar-refractivity contribution in [2.45, 2.75) is 82.6 Å². The van der Waals surface area contributed by atoms with Gasteiger partial charge in [0.1, 0.15) is 41.2 Å². The lowest BCUT2D eigenvalue weighted by atomic mass is 9.72. The number of nitro groups is 1. The van der Waals surface area contributed by atoms with Crippen LogP contribution in [0.3, 0.4) is 0 Å². The van der Waals surface area contributed by atoms with E-state index in [1.165, 1.54) is 35.0 Å². The molecule has 23 nitrogen and oxygen atoms in total. The van der Waals surface area contributed by atoms with Crippen molar-refractivity contribution in [2.24, 2.45) is 11.3 Å². The largest absolute Gasteiger partial charge is 0.455 e. The number of allylic oxidation sites excluding steroid dienone is 1. The van der Waals surface area contributed by atoms with E-state index in [1.807, 2.05) is 18.2 Å². The second-order valence-electron chi connectivity index (χ2n) is 25.1. The number of benzene rings is 4. The summed E-state index contributed by atoms with van der Waals surface area (Å²) in [4.78, 5) is 104. The van der Waals surface area contributed by atoms with E-state index in [0.29, 0.717) is 93.6 Å².